The highest BCUT2D eigenvalue weighted by Crippen LogP contribution is 2.50. The summed E-state index contributed by atoms with van der Waals surface area (Å²) in [6.07, 6.45) is 5.12. The smallest absolute Gasteiger partial charge is 0.270 e. The molecule has 1 aliphatic carbocycles. The Bertz CT molecular complexity index is 1420. The molecule has 2 heterocycles. The number of tetrazole rings is 1. The largest absolute Gasteiger partial charge is 0.292 e. The normalized spacial score (nSPS) is 25.1. The van der Waals surface area contributed by atoms with Gasteiger partial charge in [-0.2, -0.15) is 5.21 Å². The van der Waals surface area contributed by atoms with Crippen molar-refractivity contribution in [3.8, 4) is 0 Å². The first-order valence-corrected chi connectivity index (χ1v) is 14.9. The molecule has 0 bridgehead atoms. The van der Waals surface area contributed by atoms with Gasteiger partial charge >= 0.3 is 0 Å². The summed E-state index contributed by atoms with van der Waals surface area (Å²) in [5.41, 5.74) is 2.63. The zero-order valence-corrected chi connectivity index (χ0v) is 25.4. The number of halogens is 2. The molecule has 2 atom stereocenters. The van der Waals surface area contributed by atoms with E-state index in [4.69, 9.17) is 28.2 Å². The van der Waals surface area contributed by atoms with E-state index in [1.165, 1.54) is 0 Å². The van der Waals surface area contributed by atoms with Gasteiger partial charge < -0.3 is 0 Å². The van der Waals surface area contributed by atoms with E-state index in [9.17, 15) is 9.59 Å². The Morgan fingerprint density at radius 3 is 2.32 bits per heavy atom. The predicted octanol–water partition coefficient (Wildman–Crippen LogP) is 6.99. The molecule has 1 saturated carbocycles. The number of benzene rings is 2. The standard InChI is InChI=1S/C31H36Cl2N6O2/c1-18-21(13-19-5-7-20(8-6-19)28(41)34-29-36-38-39-37-29)16-26(40)27(22-14-24(32)17-25(33)15-22)35-31(18)11-9-23(10-12-31)30(2,3)4/h5-8,14-15,17-18,21,23H,9-13,16H2,1-4H3,(H2,34,36,37,38,39,41). The SMILES string of the molecule is CC1C(Cc2ccc(C(=O)Nc3nn[nH]n3)cc2)CC(=O)C(c2cc(Cl)cc(Cl)c2)=NC12CCC(C(C)(C)C)CC2. The monoisotopic (exact) mass is 594 g/mol. The van der Waals surface area contributed by atoms with Crippen LogP contribution in [0.5, 0.6) is 0 Å². The van der Waals surface area contributed by atoms with E-state index in [-0.39, 0.29) is 40.4 Å². The van der Waals surface area contributed by atoms with E-state index in [0.717, 1.165) is 31.2 Å². The highest BCUT2D eigenvalue weighted by Gasteiger charge is 2.47. The predicted molar refractivity (Wildman–Crippen MR) is 162 cm³/mol. The van der Waals surface area contributed by atoms with Gasteiger partial charge in [-0.05, 0) is 96.4 Å². The molecule has 0 radical (unpaired) electrons. The average molecular weight is 596 g/mol. The van der Waals surface area contributed by atoms with Crippen molar-refractivity contribution in [3.05, 3.63) is 69.2 Å². The minimum Gasteiger partial charge on any atom is -0.292 e. The van der Waals surface area contributed by atoms with E-state index in [1.54, 1.807) is 30.3 Å². The first-order valence-electron chi connectivity index (χ1n) is 14.2. The molecule has 5 rings (SSSR count). The van der Waals surface area contributed by atoms with Gasteiger partial charge in [-0.15, -0.1) is 5.10 Å². The molecule has 1 aromatic heterocycles. The number of Topliss-reactive ketones (excluding diaryl/α,β-unsaturated/α-hetero) is 1. The molecule has 216 valence electrons. The molecule has 1 spiro atoms. The van der Waals surface area contributed by atoms with Crippen molar-refractivity contribution in [3.63, 3.8) is 0 Å². The minimum absolute atomic E-state index is 0.0195. The van der Waals surface area contributed by atoms with Crippen molar-refractivity contribution in [1.82, 2.24) is 20.6 Å². The van der Waals surface area contributed by atoms with Crippen molar-refractivity contribution in [1.29, 1.82) is 0 Å². The van der Waals surface area contributed by atoms with Gasteiger partial charge in [0.1, 0.15) is 5.71 Å². The van der Waals surface area contributed by atoms with Crippen molar-refractivity contribution in [2.45, 2.75) is 71.8 Å². The van der Waals surface area contributed by atoms with Crippen molar-refractivity contribution >= 4 is 46.6 Å². The van der Waals surface area contributed by atoms with Gasteiger partial charge in [0.2, 0.25) is 0 Å². The van der Waals surface area contributed by atoms with Crippen LogP contribution in [0.15, 0.2) is 47.5 Å². The fourth-order valence-electron chi connectivity index (χ4n) is 6.54. The molecule has 0 saturated heterocycles. The molecular formula is C31H36Cl2N6O2. The first kappa shape index (κ1) is 29.4. The van der Waals surface area contributed by atoms with Crippen molar-refractivity contribution < 1.29 is 9.59 Å². The van der Waals surface area contributed by atoms with Crippen LogP contribution in [0.4, 0.5) is 5.95 Å². The average Bonchev–Trinajstić information content (AvgIpc) is 3.40. The molecule has 10 heteroatoms. The number of hydrogen-bond donors (Lipinski definition) is 2. The lowest BCUT2D eigenvalue weighted by Gasteiger charge is -2.46. The molecule has 3 aromatic rings. The topological polar surface area (TPSA) is 113 Å². The zero-order chi connectivity index (χ0) is 29.4. The van der Waals surface area contributed by atoms with Gasteiger partial charge in [0.15, 0.2) is 5.78 Å². The van der Waals surface area contributed by atoms with Gasteiger partial charge in [0.05, 0.1) is 5.54 Å². The third-order valence-corrected chi connectivity index (χ3v) is 9.53. The van der Waals surface area contributed by atoms with Crippen molar-refractivity contribution in [2.24, 2.45) is 28.2 Å². The third kappa shape index (κ3) is 6.54. The summed E-state index contributed by atoms with van der Waals surface area (Å²) < 4.78 is 0. The highest BCUT2D eigenvalue weighted by molar-refractivity contribution is 6.47. The number of aromatic nitrogens is 4. The minimum atomic E-state index is -0.340. The van der Waals surface area contributed by atoms with Crippen LogP contribution in [0, 0.1) is 23.2 Å². The summed E-state index contributed by atoms with van der Waals surface area (Å²) >= 11 is 12.7. The van der Waals surface area contributed by atoms with Crippen LogP contribution in [0.25, 0.3) is 0 Å². The van der Waals surface area contributed by atoms with E-state index in [0.29, 0.717) is 45.6 Å². The van der Waals surface area contributed by atoms with Crippen LogP contribution in [-0.2, 0) is 11.2 Å². The number of amides is 1. The van der Waals surface area contributed by atoms with Gasteiger partial charge in [-0.1, -0.05) is 68.1 Å². The van der Waals surface area contributed by atoms with Crippen LogP contribution < -0.4 is 5.32 Å². The molecular weight excluding hydrogens is 559 g/mol. The Hall–Kier alpha value is -3.10. The summed E-state index contributed by atoms with van der Waals surface area (Å²) in [7, 11) is 0. The molecule has 1 fully saturated rings. The molecule has 41 heavy (non-hydrogen) atoms. The number of hydrogen-bond acceptors (Lipinski definition) is 6. The summed E-state index contributed by atoms with van der Waals surface area (Å²) in [5.74, 6) is 0.704. The quantitative estimate of drug-likeness (QED) is 0.330. The number of rotatable bonds is 5. The molecule has 2 aromatic carbocycles. The number of nitrogens with zero attached hydrogens (tertiary/aromatic N) is 4. The Morgan fingerprint density at radius 2 is 1.73 bits per heavy atom. The van der Waals surface area contributed by atoms with E-state index in [2.05, 4.69) is 53.6 Å². The second-order valence-electron chi connectivity index (χ2n) is 12.6. The third-order valence-electron chi connectivity index (χ3n) is 9.10. The number of H-pyrrole nitrogens is 1. The van der Waals surface area contributed by atoms with E-state index >= 15 is 0 Å². The maximum atomic E-state index is 13.8. The summed E-state index contributed by atoms with van der Waals surface area (Å²) in [5, 5.41) is 16.9. The number of nitrogens with one attached hydrogen (secondary N) is 2. The number of aromatic amines is 1. The molecule has 8 nitrogen and oxygen atoms in total. The number of carbonyl (C=O) groups excluding carboxylic acids is 2. The summed E-state index contributed by atoms with van der Waals surface area (Å²) in [6, 6.07) is 12.7. The summed E-state index contributed by atoms with van der Waals surface area (Å²) in [4.78, 5) is 31.7. The molecule has 2 aliphatic rings. The van der Waals surface area contributed by atoms with Crippen LogP contribution in [0.3, 0.4) is 0 Å². The number of ketones is 1. The van der Waals surface area contributed by atoms with Gasteiger partial charge in [-0.25, -0.2) is 0 Å². The maximum Gasteiger partial charge on any atom is 0.270 e. The second-order valence-corrected chi connectivity index (χ2v) is 13.5. The second kappa shape index (κ2) is 11.6. The van der Waals surface area contributed by atoms with Gasteiger partial charge in [-0.3, -0.25) is 19.9 Å². The van der Waals surface area contributed by atoms with Gasteiger partial charge in [0.25, 0.3) is 11.9 Å². The molecule has 1 aliphatic heterocycles. The number of carbonyl (C=O) groups is 2. The molecule has 2 unspecified atom stereocenters. The number of anilines is 1. The lowest BCUT2D eigenvalue weighted by atomic mass is 9.62. The van der Waals surface area contributed by atoms with Gasteiger partial charge in [0, 0.05) is 27.6 Å². The van der Waals surface area contributed by atoms with Crippen LogP contribution in [-0.4, -0.2) is 43.6 Å². The van der Waals surface area contributed by atoms with Crippen LogP contribution in [0.2, 0.25) is 10.0 Å². The maximum absolute atomic E-state index is 13.8. The van der Waals surface area contributed by atoms with Crippen LogP contribution in [0.1, 0.15) is 81.3 Å². The fourth-order valence-corrected chi connectivity index (χ4v) is 7.06. The van der Waals surface area contributed by atoms with E-state index in [1.807, 2.05) is 12.1 Å². The Kier molecular flexibility index (Phi) is 8.35. The molecule has 2 N–H and O–H groups in total. The van der Waals surface area contributed by atoms with Crippen molar-refractivity contribution in [2.75, 3.05) is 5.32 Å². The van der Waals surface area contributed by atoms with E-state index < -0.39 is 0 Å². The lowest BCUT2D eigenvalue weighted by Crippen LogP contribution is -2.44. The highest BCUT2D eigenvalue weighted by atomic mass is 35.5. The Morgan fingerprint density at radius 1 is 1.07 bits per heavy atom. The van der Waals surface area contributed by atoms with Crippen LogP contribution >= 0.6 is 23.2 Å². The first-order chi connectivity index (χ1) is 19.4. The number of aliphatic imine (C=N–C) groups is 1. The lowest BCUT2D eigenvalue weighted by molar-refractivity contribution is -0.113. The Labute approximate surface area is 250 Å². The zero-order valence-electron chi connectivity index (χ0n) is 23.9. The fraction of sp³-hybridized carbons (Fsp3) is 0.484. The molecule has 1 amide bonds. The Balaban J connectivity index is 1.42. The summed E-state index contributed by atoms with van der Waals surface area (Å²) in [6.45, 7) is 9.20.